The molecule has 1 aliphatic rings. The van der Waals surface area contributed by atoms with Crippen molar-refractivity contribution in [1.82, 2.24) is 9.97 Å². The van der Waals surface area contributed by atoms with Crippen molar-refractivity contribution in [1.29, 1.82) is 0 Å². The molecule has 0 spiro atoms. The number of aromatic nitrogens is 2. The average molecular weight is 233 g/mol. The molecule has 4 N–H and O–H groups in total. The Morgan fingerprint density at radius 1 is 1.29 bits per heavy atom. The molecular formula is C12H15N3O2. The summed E-state index contributed by atoms with van der Waals surface area (Å²) in [7, 11) is 0. The van der Waals surface area contributed by atoms with Crippen molar-refractivity contribution in [3.05, 3.63) is 28.7 Å². The maximum absolute atomic E-state index is 11.1. The summed E-state index contributed by atoms with van der Waals surface area (Å²) in [5.74, 6) is 0. The standard InChI is InChI=1S/C12H15N3O2/c16-7-12(3-4-12)6-13-8-1-2-9-10(5-8)15-11(17)14-9/h1-2,5,13,16H,3-4,6-7H2,(H2,14,15,17). The number of aliphatic hydroxyl groups excluding tert-OH is 1. The monoisotopic (exact) mass is 233 g/mol. The first-order valence-corrected chi connectivity index (χ1v) is 5.78. The Labute approximate surface area is 97.9 Å². The van der Waals surface area contributed by atoms with E-state index in [-0.39, 0.29) is 17.7 Å². The van der Waals surface area contributed by atoms with Gasteiger partial charge in [0.05, 0.1) is 17.6 Å². The van der Waals surface area contributed by atoms with E-state index < -0.39 is 0 Å². The second kappa shape index (κ2) is 3.63. The molecule has 0 radical (unpaired) electrons. The highest BCUT2D eigenvalue weighted by Gasteiger charge is 2.41. The molecule has 0 amide bonds. The van der Waals surface area contributed by atoms with Crippen LogP contribution < -0.4 is 11.0 Å². The lowest BCUT2D eigenvalue weighted by molar-refractivity contribution is 0.220. The molecule has 1 saturated carbocycles. The fourth-order valence-electron chi connectivity index (χ4n) is 2.00. The Balaban J connectivity index is 1.78. The highest BCUT2D eigenvalue weighted by atomic mass is 16.3. The van der Waals surface area contributed by atoms with Gasteiger partial charge < -0.3 is 20.4 Å². The van der Waals surface area contributed by atoms with Gasteiger partial charge in [-0.3, -0.25) is 0 Å². The zero-order valence-electron chi connectivity index (χ0n) is 9.42. The number of imidazole rings is 1. The van der Waals surface area contributed by atoms with Gasteiger partial charge in [-0.2, -0.15) is 0 Å². The number of rotatable bonds is 4. The van der Waals surface area contributed by atoms with E-state index in [2.05, 4.69) is 15.3 Å². The van der Waals surface area contributed by atoms with Crippen molar-refractivity contribution in [2.75, 3.05) is 18.5 Å². The molecule has 17 heavy (non-hydrogen) atoms. The Morgan fingerprint density at radius 2 is 2.06 bits per heavy atom. The maximum atomic E-state index is 11.1. The lowest BCUT2D eigenvalue weighted by Crippen LogP contribution is -2.18. The van der Waals surface area contributed by atoms with Crippen LogP contribution in [0.5, 0.6) is 0 Å². The second-order valence-corrected chi connectivity index (χ2v) is 4.85. The van der Waals surface area contributed by atoms with Crippen molar-refractivity contribution in [3.8, 4) is 0 Å². The lowest BCUT2D eigenvalue weighted by Gasteiger charge is -2.13. The van der Waals surface area contributed by atoms with Gasteiger partial charge in [0.15, 0.2) is 0 Å². The number of hydrogen-bond acceptors (Lipinski definition) is 3. The molecule has 0 bridgehead atoms. The van der Waals surface area contributed by atoms with E-state index in [1.54, 1.807) is 0 Å². The molecule has 5 nitrogen and oxygen atoms in total. The zero-order valence-corrected chi connectivity index (χ0v) is 9.42. The van der Waals surface area contributed by atoms with Crippen LogP contribution in [0.1, 0.15) is 12.8 Å². The third-order valence-electron chi connectivity index (χ3n) is 3.48. The van der Waals surface area contributed by atoms with E-state index in [4.69, 9.17) is 0 Å². The van der Waals surface area contributed by atoms with E-state index >= 15 is 0 Å². The maximum Gasteiger partial charge on any atom is 0.323 e. The summed E-state index contributed by atoms with van der Waals surface area (Å²) >= 11 is 0. The fraction of sp³-hybridized carbons (Fsp3) is 0.417. The Hall–Kier alpha value is -1.75. The van der Waals surface area contributed by atoms with Gasteiger partial charge in [-0.05, 0) is 31.0 Å². The number of aliphatic hydroxyl groups is 1. The second-order valence-electron chi connectivity index (χ2n) is 4.85. The highest BCUT2D eigenvalue weighted by molar-refractivity contribution is 5.78. The molecule has 2 aromatic rings. The summed E-state index contributed by atoms with van der Waals surface area (Å²) in [4.78, 5) is 16.5. The van der Waals surface area contributed by atoms with Crippen LogP contribution in [0.3, 0.4) is 0 Å². The number of fused-ring (bicyclic) bond motifs is 1. The molecule has 0 aliphatic heterocycles. The highest BCUT2D eigenvalue weighted by Crippen LogP contribution is 2.44. The van der Waals surface area contributed by atoms with Crippen molar-refractivity contribution in [2.24, 2.45) is 5.41 Å². The molecule has 0 unspecified atom stereocenters. The van der Waals surface area contributed by atoms with Crippen LogP contribution in [0.15, 0.2) is 23.0 Å². The first-order valence-electron chi connectivity index (χ1n) is 5.78. The van der Waals surface area contributed by atoms with Crippen LogP contribution in [0.4, 0.5) is 5.69 Å². The van der Waals surface area contributed by atoms with Crippen molar-refractivity contribution in [3.63, 3.8) is 0 Å². The summed E-state index contributed by atoms with van der Waals surface area (Å²) in [6.07, 6.45) is 2.17. The summed E-state index contributed by atoms with van der Waals surface area (Å²) in [5, 5.41) is 12.5. The number of nitrogens with one attached hydrogen (secondary N) is 3. The minimum atomic E-state index is -0.189. The van der Waals surface area contributed by atoms with Gasteiger partial charge >= 0.3 is 5.69 Å². The fourth-order valence-corrected chi connectivity index (χ4v) is 2.00. The van der Waals surface area contributed by atoms with Crippen LogP contribution in [-0.4, -0.2) is 28.2 Å². The molecule has 1 fully saturated rings. The smallest absolute Gasteiger partial charge is 0.323 e. The normalized spacial score (nSPS) is 17.2. The topological polar surface area (TPSA) is 80.9 Å². The third-order valence-corrected chi connectivity index (χ3v) is 3.48. The van der Waals surface area contributed by atoms with Crippen LogP contribution in [0.2, 0.25) is 0 Å². The van der Waals surface area contributed by atoms with Crippen molar-refractivity contribution in [2.45, 2.75) is 12.8 Å². The molecule has 90 valence electrons. The van der Waals surface area contributed by atoms with Gasteiger partial charge in [-0.15, -0.1) is 0 Å². The van der Waals surface area contributed by atoms with Gasteiger partial charge in [-0.25, -0.2) is 4.79 Å². The molecular weight excluding hydrogens is 218 g/mol. The molecule has 1 aromatic heterocycles. The quantitative estimate of drug-likeness (QED) is 0.637. The van der Waals surface area contributed by atoms with Gasteiger partial charge in [0.1, 0.15) is 0 Å². The number of benzene rings is 1. The minimum absolute atomic E-state index is 0.0838. The molecule has 0 atom stereocenters. The Kier molecular flexibility index (Phi) is 2.22. The van der Waals surface area contributed by atoms with Gasteiger partial charge in [0.25, 0.3) is 0 Å². The molecule has 5 heteroatoms. The Morgan fingerprint density at radius 3 is 2.76 bits per heavy atom. The van der Waals surface area contributed by atoms with Gasteiger partial charge in [-0.1, -0.05) is 0 Å². The van der Waals surface area contributed by atoms with Crippen LogP contribution in [0, 0.1) is 5.41 Å². The molecule has 3 rings (SSSR count). The van der Waals surface area contributed by atoms with Crippen molar-refractivity contribution < 1.29 is 5.11 Å². The van der Waals surface area contributed by atoms with Crippen LogP contribution >= 0.6 is 0 Å². The van der Waals surface area contributed by atoms with Gasteiger partial charge in [0, 0.05) is 17.6 Å². The van der Waals surface area contributed by atoms with E-state index in [9.17, 15) is 9.90 Å². The predicted octanol–water partition coefficient (Wildman–Crippen LogP) is 1.04. The van der Waals surface area contributed by atoms with Crippen LogP contribution in [-0.2, 0) is 0 Å². The summed E-state index contributed by atoms with van der Waals surface area (Å²) in [6.45, 7) is 1.02. The largest absolute Gasteiger partial charge is 0.396 e. The lowest BCUT2D eigenvalue weighted by atomic mass is 10.1. The number of hydrogen-bond donors (Lipinski definition) is 4. The molecule has 1 aliphatic carbocycles. The number of H-pyrrole nitrogens is 2. The SMILES string of the molecule is O=c1[nH]c2ccc(NCC3(CO)CC3)cc2[nH]1. The molecule has 1 aromatic carbocycles. The number of aromatic amines is 2. The predicted molar refractivity (Wildman–Crippen MR) is 66.2 cm³/mol. The van der Waals surface area contributed by atoms with Crippen molar-refractivity contribution >= 4 is 16.7 Å². The van der Waals surface area contributed by atoms with E-state index in [1.165, 1.54) is 0 Å². The summed E-state index contributed by atoms with van der Waals surface area (Å²) in [5.41, 5.74) is 2.47. The van der Waals surface area contributed by atoms with E-state index in [0.29, 0.717) is 0 Å². The minimum Gasteiger partial charge on any atom is -0.396 e. The summed E-state index contributed by atoms with van der Waals surface area (Å²) < 4.78 is 0. The summed E-state index contributed by atoms with van der Waals surface area (Å²) in [6, 6.07) is 5.70. The zero-order chi connectivity index (χ0) is 11.9. The van der Waals surface area contributed by atoms with E-state index in [1.807, 2.05) is 18.2 Å². The third kappa shape index (κ3) is 1.93. The first-order chi connectivity index (χ1) is 8.21. The molecule has 0 saturated heterocycles. The first kappa shape index (κ1) is 10.4. The van der Waals surface area contributed by atoms with Crippen LogP contribution in [0.25, 0.3) is 11.0 Å². The van der Waals surface area contributed by atoms with E-state index in [0.717, 1.165) is 36.1 Å². The Bertz CT molecular complexity index is 595. The number of anilines is 1. The average Bonchev–Trinajstić information content (AvgIpc) is 3.01. The molecule has 1 heterocycles. The van der Waals surface area contributed by atoms with Gasteiger partial charge in [0.2, 0.25) is 0 Å².